The third-order valence-corrected chi connectivity index (χ3v) is 5.75. The number of aliphatic hydroxyl groups is 2. The number of phenolic OH excluding ortho intramolecular Hbond substituents is 1. The van der Waals surface area contributed by atoms with Crippen molar-refractivity contribution in [3.8, 4) is 5.75 Å². The first-order valence-electron chi connectivity index (χ1n) is 8.62. The summed E-state index contributed by atoms with van der Waals surface area (Å²) in [5, 5.41) is 30.7. The molecule has 1 aliphatic carbocycles. The van der Waals surface area contributed by atoms with Crippen molar-refractivity contribution in [3.05, 3.63) is 96.1 Å². The molecule has 0 aromatic heterocycles. The third-order valence-electron chi connectivity index (χ3n) is 4.28. The second kappa shape index (κ2) is 8.14. The molecule has 0 bridgehead atoms. The molecule has 0 fully saturated rings. The highest BCUT2D eigenvalue weighted by atomic mass is 32.2. The Kier molecular flexibility index (Phi) is 5.81. The van der Waals surface area contributed by atoms with E-state index in [0.29, 0.717) is 5.56 Å². The third kappa shape index (κ3) is 4.69. The minimum atomic E-state index is -4.26. The van der Waals surface area contributed by atoms with E-state index in [1.165, 1.54) is 42.5 Å². The summed E-state index contributed by atoms with van der Waals surface area (Å²) in [6.07, 6.45) is 4.79. The van der Waals surface area contributed by atoms with Crippen molar-refractivity contribution in [1.29, 1.82) is 0 Å². The molecule has 4 N–H and O–H groups in total. The quantitative estimate of drug-likeness (QED) is 0.324. The van der Waals surface area contributed by atoms with Crippen molar-refractivity contribution < 1.29 is 28.5 Å². The zero-order chi connectivity index (χ0) is 21.1. The van der Waals surface area contributed by atoms with Gasteiger partial charge in [-0.15, -0.1) is 0 Å². The second-order valence-electron chi connectivity index (χ2n) is 6.42. The molecule has 0 aliphatic heterocycles. The first-order valence-corrected chi connectivity index (χ1v) is 10.1. The van der Waals surface area contributed by atoms with E-state index in [-0.39, 0.29) is 22.0 Å². The zero-order valence-electron chi connectivity index (χ0n) is 15.1. The molecule has 0 saturated heterocycles. The van der Waals surface area contributed by atoms with E-state index in [1.54, 1.807) is 30.3 Å². The van der Waals surface area contributed by atoms with Gasteiger partial charge in [0.05, 0.1) is 4.90 Å². The van der Waals surface area contributed by atoms with E-state index in [2.05, 4.69) is 0 Å². The molecule has 29 heavy (non-hydrogen) atoms. The molecule has 1 aliphatic rings. The van der Waals surface area contributed by atoms with E-state index in [1.807, 2.05) is 4.72 Å². The van der Waals surface area contributed by atoms with Crippen LogP contribution in [0.1, 0.15) is 10.4 Å². The molecule has 3 rings (SSSR count). The Morgan fingerprint density at radius 2 is 1.83 bits per heavy atom. The largest absolute Gasteiger partial charge is 0.508 e. The smallest absolute Gasteiger partial charge is 0.243 e. The van der Waals surface area contributed by atoms with Crippen LogP contribution in [0.2, 0.25) is 0 Å². The van der Waals surface area contributed by atoms with Gasteiger partial charge in [0.25, 0.3) is 0 Å². The molecule has 2 aromatic carbocycles. The van der Waals surface area contributed by atoms with Crippen LogP contribution in [0.5, 0.6) is 5.75 Å². The molecule has 7 nitrogen and oxygen atoms in total. The number of hydrogen-bond acceptors (Lipinski definition) is 6. The van der Waals surface area contributed by atoms with Gasteiger partial charge in [0.15, 0.2) is 11.5 Å². The lowest BCUT2D eigenvalue weighted by Gasteiger charge is -2.33. The molecular weight excluding hydrogens is 394 g/mol. The molecule has 2 unspecified atom stereocenters. The number of sulfonamides is 1. The van der Waals surface area contributed by atoms with E-state index < -0.39 is 21.9 Å². The zero-order valence-corrected chi connectivity index (χ0v) is 16.0. The van der Waals surface area contributed by atoms with Gasteiger partial charge in [0.1, 0.15) is 11.9 Å². The van der Waals surface area contributed by atoms with Crippen LogP contribution in [0.15, 0.2) is 95.4 Å². The fourth-order valence-corrected chi connectivity index (χ4v) is 4.04. The average molecular weight is 413 g/mol. The number of ketones is 1. The maximum atomic E-state index is 12.5. The van der Waals surface area contributed by atoms with Crippen molar-refractivity contribution in [2.45, 2.75) is 16.7 Å². The molecule has 0 amide bonds. The molecule has 2 aromatic rings. The molecule has 2 atom stereocenters. The minimum absolute atomic E-state index is 0.137. The monoisotopic (exact) mass is 413 g/mol. The second-order valence-corrected chi connectivity index (χ2v) is 8.10. The van der Waals surface area contributed by atoms with Gasteiger partial charge in [-0.25, -0.2) is 8.42 Å². The number of benzene rings is 2. The van der Waals surface area contributed by atoms with Crippen LogP contribution in [-0.4, -0.2) is 41.3 Å². The summed E-state index contributed by atoms with van der Waals surface area (Å²) in [4.78, 5) is 11.9. The number of aromatic hydroxyl groups is 1. The lowest BCUT2D eigenvalue weighted by molar-refractivity contribution is -0.0278. The average Bonchev–Trinajstić information content (AvgIpc) is 2.69. The van der Waals surface area contributed by atoms with Gasteiger partial charge in [-0.05, 0) is 35.9 Å². The molecule has 0 radical (unpaired) electrons. The predicted molar refractivity (Wildman–Crippen MR) is 107 cm³/mol. The summed E-state index contributed by atoms with van der Waals surface area (Å²) in [6.45, 7) is 0. The van der Waals surface area contributed by atoms with Crippen LogP contribution < -0.4 is 4.72 Å². The highest BCUT2D eigenvalue weighted by Gasteiger charge is 2.40. The van der Waals surface area contributed by atoms with Crippen LogP contribution in [-0.2, 0) is 10.0 Å². The Balaban J connectivity index is 1.80. The number of carbonyl (C=O) groups is 1. The first kappa shape index (κ1) is 20.7. The summed E-state index contributed by atoms with van der Waals surface area (Å²) in [5.74, 6) is -0.570. The molecular formula is C21H19NO6S. The van der Waals surface area contributed by atoms with Gasteiger partial charge in [0, 0.05) is 5.56 Å². The summed E-state index contributed by atoms with van der Waals surface area (Å²) < 4.78 is 27.1. The summed E-state index contributed by atoms with van der Waals surface area (Å²) >= 11 is 0. The Labute approximate surface area is 168 Å². The highest BCUT2D eigenvalue weighted by Crippen LogP contribution is 2.26. The predicted octanol–water partition coefficient (Wildman–Crippen LogP) is 1.66. The van der Waals surface area contributed by atoms with E-state index in [4.69, 9.17) is 0 Å². The Hall–Kier alpha value is -3.04. The van der Waals surface area contributed by atoms with Crippen molar-refractivity contribution >= 4 is 15.8 Å². The Morgan fingerprint density at radius 3 is 2.52 bits per heavy atom. The van der Waals surface area contributed by atoms with Crippen LogP contribution in [0, 0.1) is 0 Å². The number of aliphatic hydroxyl groups excluding tert-OH is 1. The SMILES string of the molecule is O=C(C=CC1=CC=CC(O)(NS(=O)(=O)c2cccc(O)c2)C1O)c1ccccc1. The van der Waals surface area contributed by atoms with Crippen LogP contribution in [0.3, 0.4) is 0 Å². The van der Waals surface area contributed by atoms with Crippen molar-refractivity contribution in [3.63, 3.8) is 0 Å². The normalized spacial score (nSPS) is 21.9. The van der Waals surface area contributed by atoms with Crippen LogP contribution in [0.25, 0.3) is 0 Å². The van der Waals surface area contributed by atoms with E-state index >= 15 is 0 Å². The Morgan fingerprint density at radius 1 is 1.10 bits per heavy atom. The number of hydrogen-bond donors (Lipinski definition) is 4. The maximum absolute atomic E-state index is 12.5. The molecule has 150 valence electrons. The van der Waals surface area contributed by atoms with Gasteiger partial charge in [-0.1, -0.05) is 54.6 Å². The standard InChI is InChI=1S/C21H19NO6S/c23-17-9-4-10-18(14-17)29(27,28)22-21(26)13-5-8-16(20(21)25)11-12-19(24)15-6-2-1-3-7-15/h1-14,20,22-23,25-26H. The van der Waals surface area contributed by atoms with Gasteiger partial charge >= 0.3 is 0 Å². The number of nitrogens with one attached hydrogen (secondary N) is 1. The lowest BCUT2D eigenvalue weighted by atomic mass is 9.93. The summed E-state index contributed by atoms with van der Waals surface area (Å²) in [7, 11) is -4.26. The van der Waals surface area contributed by atoms with Gasteiger partial charge in [-0.3, -0.25) is 4.79 Å². The van der Waals surface area contributed by atoms with E-state index in [9.17, 15) is 28.5 Å². The van der Waals surface area contributed by atoms with Crippen molar-refractivity contribution in [2.75, 3.05) is 0 Å². The van der Waals surface area contributed by atoms with Gasteiger partial charge in [-0.2, -0.15) is 4.72 Å². The molecule has 0 saturated carbocycles. The number of rotatable bonds is 6. The first-order chi connectivity index (χ1) is 13.7. The fraction of sp³-hybridized carbons (Fsp3) is 0.0952. The van der Waals surface area contributed by atoms with Crippen molar-refractivity contribution in [2.24, 2.45) is 0 Å². The summed E-state index contributed by atoms with van der Waals surface area (Å²) in [6, 6.07) is 13.4. The Bertz CT molecular complexity index is 1110. The van der Waals surface area contributed by atoms with Gasteiger partial charge in [0.2, 0.25) is 10.0 Å². The molecule has 0 heterocycles. The van der Waals surface area contributed by atoms with Crippen molar-refractivity contribution in [1.82, 2.24) is 4.72 Å². The van der Waals surface area contributed by atoms with E-state index in [0.717, 1.165) is 12.1 Å². The number of phenols is 1. The minimum Gasteiger partial charge on any atom is -0.508 e. The topological polar surface area (TPSA) is 124 Å². The fourth-order valence-electron chi connectivity index (χ4n) is 2.77. The van der Waals surface area contributed by atoms with Crippen LogP contribution >= 0.6 is 0 Å². The van der Waals surface area contributed by atoms with Gasteiger partial charge < -0.3 is 15.3 Å². The number of allylic oxidation sites excluding steroid dienone is 3. The maximum Gasteiger partial charge on any atom is 0.243 e. The molecule has 0 spiro atoms. The summed E-state index contributed by atoms with van der Waals surface area (Å²) in [5.41, 5.74) is -1.75. The lowest BCUT2D eigenvalue weighted by Crippen LogP contribution is -2.56. The van der Waals surface area contributed by atoms with Crippen LogP contribution in [0.4, 0.5) is 0 Å². The number of carbonyl (C=O) groups excluding carboxylic acids is 1. The highest BCUT2D eigenvalue weighted by molar-refractivity contribution is 7.89. The molecule has 8 heteroatoms.